The van der Waals surface area contributed by atoms with Crippen LogP contribution in [-0.2, 0) is 24.2 Å². The molecule has 6 heteroatoms. The van der Waals surface area contributed by atoms with Gasteiger partial charge in [-0.3, -0.25) is 9.69 Å². The third-order valence-electron chi connectivity index (χ3n) is 6.50. The summed E-state index contributed by atoms with van der Waals surface area (Å²) < 4.78 is 10.8. The summed E-state index contributed by atoms with van der Waals surface area (Å²) in [6, 6.07) is 14.8. The monoisotopic (exact) mass is 444 g/mol. The summed E-state index contributed by atoms with van der Waals surface area (Å²) in [4.78, 5) is 17.3. The lowest BCUT2D eigenvalue weighted by Crippen LogP contribution is -2.45. The Hall–Kier alpha value is -2.24. The summed E-state index contributed by atoms with van der Waals surface area (Å²) in [5.41, 5.74) is 3.83. The Labute approximate surface area is 191 Å². The molecule has 1 fully saturated rings. The molecule has 2 aliphatic heterocycles. The molecule has 31 heavy (non-hydrogen) atoms. The Kier molecular flexibility index (Phi) is 8.22. The molecule has 2 aliphatic rings. The van der Waals surface area contributed by atoms with Crippen LogP contribution in [0.25, 0.3) is 0 Å². The summed E-state index contributed by atoms with van der Waals surface area (Å²) in [5.74, 6) is 2.44. The minimum atomic E-state index is 0. The second-order valence-corrected chi connectivity index (χ2v) is 8.45. The fourth-order valence-corrected chi connectivity index (χ4v) is 4.68. The van der Waals surface area contributed by atoms with Gasteiger partial charge in [0.05, 0.1) is 20.8 Å². The molecule has 0 spiro atoms. The van der Waals surface area contributed by atoms with Crippen molar-refractivity contribution in [3.8, 4) is 11.5 Å². The standard InChI is InChI=1S/C25H32N2O3.ClH/c1-29-23-15-21-10-13-27(17-22(21)16-24(23)30-2)25(28)18-26-11-8-20(9-12-26)14-19-6-4-3-5-7-19;/h3-7,15-16,20H,8-14,17-18H2,1-2H3;1H. The number of benzene rings is 2. The number of rotatable bonds is 6. The van der Waals surface area contributed by atoms with Crippen LogP contribution in [0.4, 0.5) is 0 Å². The van der Waals surface area contributed by atoms with Crippen LogP contribution in [0.5, 0.6) is 11.5 Å². The van der Waals surface area contributed by atoms with Gasteiger partial charge in [-0.25, -0.2) is 0 Å². The lowest BCUT2D eigenvalue weighted by atomic mass is 9.90. The first-order chi connectivity index (χ1) is 14.7. The Morgan fingerprint density at radius 1 is 0.968 bits per heavy atom. The number of likely N-dealkylation sites (tertiary alicyclic amines) is 1. The van der Waals surface area contributed by atoms with Crippen molar-refractivity contribution >= 4 is 18.3 Å². The van der Waals surface area contributed by atoms with Crippen LogP contribution in [0, 0.1) is 5.92 Å². The van der Waals surface area contributed by atoms with Crippen molar-refractivity contribution in [2.45, 2.75) is 32.2 Å². The van der Waals surface area contributed by atoms with Crippen LogP contribution in [0.2, 0.25) is 0 Å². The van der Waals surface area contributed by atoms with Crippen molar-refractivity contribution in [3.63, 3.8) is 0 Å². The van der Waals surface area contributed by atoms with E-state index in [1.54, 1.807) is 14.2 Å². The highest BCUT2D eigenvalue weighted by Crippen LogP contribution is 2.33. The molecule has 0 bridgehead atoms. The number of piperidine rings is 1. The maximum Gasteiger partial charge on any atom is 0.237 e. The predicted octanol–water partition coefficient (Wildman–Crippen LogP) is 3.97. The number of halogens is 1. The molecule has 1 amide bonds. The zero-order chi connectivity index (χ0) is 20.9. The molecule has 5 nitrogen and oxygen atoms in total. The molecule has 0 N–H and O–H groups in total. The Morgan fingerprint density at radius 2 is 1.61 bits per heavy atom. The highest BCUT2D eigenvalue weighted by molar-refractivity contribution is 5.85. The lowest BCUT2D eigenvalue weighted by Gasteiger charge is -2.35. The SMILES string of the molecule is COc1cc2c(cc1OC)CN(C(=O)CN1CCC(Cc3ccccc3)CC1)CC2.Cl. The van der Waals surface area contributed by atoms with Gasteiger partial charge in [-0.05, 0) is 73.5 Å². The van der Waals surface area contributed by atoms with Crippen molar-refractivity contribution in [2.75, 3.05) is 40.4 Å². The molecule has 168 valence electrons. The number of amides is 1. The molecule has 0 atom stereocenters. The van der Waals surface area contributed by atoms with Gasteiger partial charge in [0.25, 0.3) is 0 Å². The smallest absolute Gasteiger partial charge is 0.237 e. The first-order valence-corrected chi connectivity index (χ1v) is 10.9. The van der Waals surface area contributed by atoms with Gasteiger partial charge in [-0.2, -0.15) is 0 Å². The zero-order valence-corrected chi connectivity index (χ0v) is 19.3. The van der Waals surface area contributed by atoms with Gasteiger partial charge in [0.15, 0.2) is 11.5 Å². The van der Waals surface area contributed by atoms with Gasteiger partial charge in [0.2, 0.25) is 5.91 Å². The summed E-state index contributed by atoms with van der Waals surface area (Å²) in [6.45, 7) is 3.98. The van der Waals surface area contributed by atoms with E-state index in [1.165, 1.54) is 24.0 Å². The van der Waals surface area contributed by atoms with E-state index in [4.69, 9.17) is 9.47 Å². The molecular formula is C25H33ClN2O3. The second-order valence-electron chi connectivity index (χ2n) is 8.45. The van der Waals surface area contributed by atoms with Crippen molar-refractivity contribution < 1.29 is 14.3 Å². The summed E-state index contributed by atoms with van der Waals surface area (Å²) >= 11 is 0. The van der Waals surface area contributed by atoms with Gasteiger partial charge < -0.3 is 14.4 Å². The maximum absolute atomic E-state index is 13.0. The van der Waals surface area contributed by atoms with E-state index in [0.717, 1.165) is 55.5 Å². The van der Waals surface area contributed by atoms with Crippen LogP contribution in [0.15, 0.2) is 42.5 Å². The highest BCUT2D eigenvalue weighted by atomic mass is 35.5. The third-order valence-corrected chi connectivity index (χ3v) is 6.50. The average Bonchev–Trinajstić information content (AvgIpc) is 2.79. The lowest BCUT2D eigenvalue weighted by molar-refractivity contribution is -0.133. The molecule has 0 radical (unpaired) electrons. The van der Waals surface area contributed by atoms with Crippen LogP contribution >= 0.6 is 12.4 Å². The normalized spacial score (nSPS) is 16.9. The first-order valence-electron chi connectivity index (χ1n) is 10.9. The van der Waals surface area contributed by atoms with Gasteiger partial charge in [-0.15, -0.1) is 12.4 Å². The van der Waals surface area contributed by atoms with E-state index in [2.05, 4.69) is 35.2 Å². The molecule has 2 heterocycles. The largest absolute Gasteiger partial charge is 0.493 e. The van der Waals surface area contributed by atoms with Crippen molar-refractivity contribution in [3.05, 3.63) is 59.2 Å². The predicted molar refractivity (Wildman–Crippen MR) is 125 cm³/mol. The van der Waals surface area contributed by atoms with Crippen LogP contribution in [0.3, 0.4) is 0 Å². The number of carbonyl (C=O) groups is 1. The molecule has 1 saturated heterocycles. The number of hydrogen-bond acceptors (Lipinski definition) is 4. The van der Waals surface area contributed by atoms with E-state index in [-0.39, 0.29) is 18.3 Å². The molecule has 0 saturated carbocycles. The summed E-state index contributed by atoms with van der Waals surface area (Å²) in [6.07, 6.45) is 4.35. The Bertz CT molecular complexity index is 867. The third kappa shape index (κ3) is 5.72. The highest BCUT2D eigenvalue weighted by Gasteiger charge is 2.26. The molecule has 4 rings (SSSR count). The van der Waals surface area contributed by atoms with E-state index in [0.29, 0.717) is 13.1 Å². The number of ether oxygens (including phenoxy) is 2. The fraction of sp³-hybridized carbons (Fsp3) is 0.480. The minimum Gasteiger partial charge on any atom is -0.493 e. The summed E-state index contributed by atoms with van der Waals surface area (Å²) in [7, 11) is 3.31. The van der Waals surface area contributed by atoms with E-state index < -0.39 is 0 Å². The number of carbonyl (C=O) groups excluding carboxylic acids is 1. The average molecular weight is 445 g/mol. The fourth-order valence-electron chi connectivity index (χ4n) is 4.68. The molecule has 0 aliphatic carbocycles. The van der Waals surface area contributed by atoms with E-state index in [9.17, 15) is 4.79 Å². The minimum absolute atomic E-state index is 0. The number of nitrogens with zero attached hydrogens (tertiary/aromatic N) is 2. The maximum atomic E-state index is 13.0. The van der Waals surface area contributed by atoms with Gasteiger partial charge in [0, 0.05) is 13.1 Å². The van der Waals surface area contributed by atoms with Gasteiger partial charge in [-0.1, -0.05) is 30.3 Å². The van der Waals surface area contributed by atoms with Crippen molar-refractivity contribution in [1.82, 2.24) is 9.80 Å². The number of fused-ring (bicyclic) bond motifs is 1. The second kappa shape index (κ2) is 10.9. The van der Waals surface area contributed by atoms with E-state index >= 15 is 0 Å². The molecule has 2 aromatic rings. The van der Waals surface area contributed by atoms with Crippen LogP contribution < -0.4 is 9.47 Å². The van der Waals surface area contributed by atoms with Crippen molar-refractivity contribution in [1.29, 1.82) is 0 Å². The van der Waals surface area contributed by atoms with Gasteiger partial charge in [0.1, 0.15) is 0 Å². The molecule has 0 aromatic heterocycles. The first kappa shape index (κ1) is 23.4. The Balaban J connectivity index is 0.00000272. The number of methoxy groups -OCH3 is 2. The van der Waals surface area contributed by atoms with Crippen LogP contribution in [-0.4, -0.2) is 56.1 Å². The van der Waals surface area contributed by atoms with Gasteiger partial charge >= 0.3 is 0 Å². The Morgan fingerprint density at radius 3 is 2.26 bits per heavy atom. The summed E-state index contributed by atoms with van der Waals surface area (Å²) in [5, 5.41) is 0. The van der Waals surface area contributed by atoms with Crippen molar-refractivity contribution in [2.24, 2.45) is 5.92 Å². The molecule has 0 unspecified atom stereocenters. The zero-order valence-electron chi connectivity index (χ0n) is 18.5. The topological polar surface area (TPSA) is 42.0 Å². The number of hydrogen-bond donors (Lipinski definition) is 0. The van der Waals surface area contributed by atoms with E-state index in [1.807, 2.05) is 17.0 Å². The quantitative estimate of drug-likeness (QED) is 0.676. The van der Waals surface area contributed by atoms with Crippen LogP contribution in [0.1, 0.15) is 29.5 Å². The molecular weight excluding hydrogens is 412 g/mol. The molecule has 2 aromatic carbocycles.